The zero-order chi connectivity index (χ0) is 23.1. The normalized spacial score (nSPS) is 11.2. The second-order valence-corrected chi connectivity index (χ2v) is 7.55. The Hall–Kier alpha value is -3.55. The Kier molecular flexibility index (Phi) is 7.35. The van der Waals surface area contributed by atoms with E-state index in [0.717, 1.165) is 26.2 Å². The topological polar surface area (TPSA) is 80.0 Å². The van der Waals surface area contributed by atoms with Crippen LogP contribution in [-0.4, -0.2) is 21.5 Å². The molecule has 3 aromatic rings. The molecular formula is C24H28F2N6. The van der Waals surface area contributed by atoms with Gasteiger partial charge < -0.3 is 16.0 Å². The van der Waals surface area contributed by atoms with Crippen LogP contribution >= 0.6 is 0 Å². The number of nitrogens with one attached hydrogen (secondary N) is 1. The highest BCUT2D eigenvalue weighted by atomic mass is 19.3. The van der Waals surface area contributed by atoms with E-state index < -0.39 is 5.92 Å². The van der Waals surface area contributed by atoms with Crippen molar-refractivity contribution < 1.29 is 8.78 Å². The van der Waals surface area contributed by atoms with E-state index in [9.17, 15) is 8.78 Å². The lowest BCUT2D eigenvalue weighted by Gasteiger charge is -2.27. The number of nitrogen functional groups attached to an aromatic ring is 1. The zero-order valence-corrected chi connectivity index (χ0v) is 18.4. The number of alkyl halides is 2. The fraction of sp³-hybridized carbons (Fsp3) is 0.292. The lowest BCUT2D eigenvalue weighted by Crippen LogP contribution is -2.29. The number of rotatable bonds is 10. The Morgan fingerprint density at radius 2 is 1.84 bits per heavy atom. The molecule has 0 saturated heterocycles. The Bertz CT molecular complexity index is 1050. The summed E-state index contributed by atoms with van der Waals surface area (Å²) < 4.78 is 27.5. The Balaban J connectivity index is 1.96. The molecule has 0 bridgehead atoms. The molecule has 0 aliphatic carbocycles. The minimum atomic E-state index is -3.04. The Morgan fingerprint density at radius 3 is 2.53 bits per heavy atom. The number of unbranched alkanes of at least 4 members (excludes halogenated alkanes) is 2. The first kappa shape index (κ1) is 23.1. The van der Waals surface area contributed by atoms with Crippen LogP contribution in [0.3, 0.4) is 0 Å². The van der Waals surface area contributed by atoms with Gasteiger partial charge in [0, 0.05) is 19.7 Å². The van der Waals surface area contributed by atoms with Gasteiger partial charge >= 0.3 is 0 Å². The van der Waals surface area contributed by atoms with Crippen molar-refractivity contribution in [2.75, 3.05) is 22.5 Å². The third kappa shape index (κ3) is 5.78. The maximum atomic E-state index is 13.8. The number of pyridine rings is 3. The average molecular weight is 439 g/mol. The predicted molar refractivity (Wildman–Crippen MR) is 125 cm³/mol. The molecule has 0 aromatic carbocycles. The summed E-state index contributed by atoms with van der Waals surface area (Å²) in [6, 6.07) is 13.4. The average Bonchev–Trinajstić information content (AvgIpc) is 2.77. The monoisotopic (exact) mass is 438 g/mol. The predicted octanol–water partition coefficient (Wildman–Crippen LogP) is 5.81. The lowest BCUT2D eigenvalue weighted by molar-refractivity contribution is 0.0129. The minimum Gasteiger partial charge on any atom is -0.396 e. The number of hydrogen-bond donors (Lipinski definition) is 2. The van der Waals surface area contributed by atoms with E-state index in [2.05, 4.69) is 33.8 Å². The number of hydrogen-bond acceptors (Lipinski definition) is 6. The molecule has 0 spiro atoms. The largest absolute Gasteiger partial charge is 0.396 e. The summed E-state index contributed by atoms with van der Waals surface area (Å²) in [6.45, 7) is 7.74. The summed E-state index contributed by atoms with van der Waals surface area (Å²) >= 11 is 0. The van der Waals surface area contributed by atoms with E-state index in [0.29, 0.717) is 41.1 Å². The second-order valence-electron chi connectivity index (χ2n) is 7.55. The first-order valence-electron chi connectivity index (χ1n) is 10.6. The summed E-state index contributed by atoms with van der Waals surface area (Å²) in [5.74, 6) is -1.34. The van der Waals surface area contributed by atoms with E-state index in [1.54, 1.807) is 30.5 Å². The molecule has 3 heterocycles. The molecule has 0 amide bonds. The summed E-state index contributed by atoms with van der Waals surface area (Å²) in [5, 5.41) is 3.19. The molecule has 3 rings (SSSR count). The summed E-state index contributed by atoms with van der Waals surface area (Å²) in [7, 11) is 0. The van der Waals surface area contributed by atoms with Crippen LogP contribution in [0.25, 0.3) is 11.4 Å². The molecule has 0 radical (unpaired) electrons. The van der Waals surface area contributed by atoms with Crippen LogP contribution < -0.4 is 16.0 Å². The highest BCUT2D eigenvalue weighted by Gasteiger charge is 2.26. The van der Waals surface area contributed by atoms with Gasteiger partial charge in [-0.25, -0.2) is 15.0 Å². The quantitative estimate of drug-likeness (QED) is 0.389. The molecule has 3 N–H and O–H groups in total. The van der Waals surface area contributed by atoms with Gasteiger partial charge in [-0.2, -0.15) is 8.78 Å². The van der Waals surface area contributed by atoms with Gasteiger partial charge in [0.05, 0.1) is 17.1 Å². The van der Waals surface area contributed by atoms with E-state index in [1.807, 2.05) is 23.1 Å². The molecule has 0 aliphatic rings. The van der Waals surface area contributed by atoms with Gasteiger partial charge in [-0.1, -0.05) is 38.5 Å². The van der Waals surface area contributed by atoms with E-state index >= 15 is 0 Å². The molecule has 32 heavy (non-hydrogen) atoms. The fourth-order valence-electron chi connectivity index (χ4n) is 3.18. The molecule has 0 unspecified atom stereocenters. The van der Waals surface area contributed by atoms with Gasteiger partial charge in [-0.3, -0.25) is 0 Å². The van der Waals surface area contributed by atoms with Crippen molar-refractivity contribution in [1.29, 1.82) is 0 Å². The molecule has 0 fully saturated rings. The number of nitrogens with zero attached hydrogens (tertiary/aromatic N) is 4. The van der Waals surface area contributed by atoms with Crippen LogP contribution in [0.15, 0.2) is 67.1 Å². The molecule has 0 atom stereocenters. The molecule has 6 nitrogen and oxygen atoms in total. The molecule has 8 heteroatoms. The van der Waals surface area contributed by atoms with Crippen molar-refractivity contribution in [3.05, 3.63) is 72.8 Å². The summed E-state index contributed by atoms with van der Waals surface area (Å²) in [6.07, 6.45) is 4.67. The highest BCUT2D eigenvalue weighted by molar-refractivity contribution is 5.71. The maximum absolute atomic E-state index is 13.8. The third-order valence-electron chi connectivity index (χ3n) is 4.87. The first-order valence-corrected chi connectivity index (χ1v) is 10.6. The summed E-state index contributed by atoms with van der Waals surface area (Å²) in [4.78, 5) is 15.0. The van der Waals surface area contributed by atoms with Gasteiger partial charge in [0.15, 0.2) is 5.82 Å². The fourth-order valence-corrected chi connectivity index (χ4v) is 3.18. The van der Waals surface area contributed by atoms with Crippen molar-refractivity contribution in [3.63, 3.8) is 0 Å². The van der Waals surface area contributed by atoms with Gasteiger partial charge in [0.1, 0.15) is 17.3 Å². The van der Waals surface area contributed by atoms with E-state index in [-0.39, 0.29) is 5.69 Å². The van der Waals surface area contributed by atoms with Crippen molar-refractivity contribution in [3.8, 4) is 11.4 Å². The van der Waals surface area contributed by atoms with Gasteiger partial charge in [0.25, 0.3) is 5.92 Å². The van der Waals surface area contributed by atoms with Crippen molar-refractivity contribution in [2.45, 2.75) is 39.0 Å². The van der Waals surface area contributed by atoms with Gasteiger partial charge in [-0.05, 0) is 42.8 Å². The summed E-state index contributed by atoms with van der Waals surface area (Å²) in [5.41, 5.74) is 7.21. The molecule has 168 valence electrons. The van der Waals surface area contributed by atoms with Crippen LogP contribution in [-0.2, 0) is 5.92 Å². The van der Waals surface area contributed by atoms with Gasteiger partial charge in [-0.15, -0.1) is 0 Å². The Morgan fingerprint density at radius 1 is 1.06 bits per heavy atom. The van der Waals surface area contributed by atoms with E-state index in [1.165, 1.54) is 6.07 Å². The van der Waals surface area contributed by atoms with Crippen LogP contribution in [0.1, 0.15) is 38.8 Å². The highest BCUT2D eigenvalue weighted by Crippen LogP contribution is 2.30. The van der Waals surface area contributed by atoms with Crippen LogP contribution in [0.2, 0.25) is 0 Å². The van der Waals surface area contributed by atoms with Crippen molar-refractivity contribution in [1.82, 2.24) is 15.0 Å². The third-order valence-corrected chi connectivity index (χ3v) is 4.87. The van der Waals surface area contributed by atoms with Crippen LogP contribution in [0.4, 0.5) is 26.1 Å². The number of aromatic nitrogens is 3. The molecule has 0 aliphatic heterocycles. The van der Waals surface area contributed by atoms with Crippen molar-refractivity contribution in [2.24, 2.45) is 0 Å². The number of anilines is 3. The van der Waals surface area contributed by atoms with Crippen LogP contribution in [0, 0.1) is 0 Å². The molecular weight excluding hydrogens is 410 g/mol. The second kappa shape index (κ2) is 10.2. The smallest absolute Gasteiger partial charge is 0.286 e. The van der Waals surface area contributed by atoms with E-state index in [4.69, 9.17) is 5.73 Å². The lowest BCUT2D eigenvalue weighted by atomic mass is 10.2. The van der Waals surface area contributed by atoms with Crippen LogP contribution in [0.5, 0.6) is 0 Å². The Labute approximate surface area is 187 Å². The standard InChI is InChI=1S/C24H28F2N6/c1-4-5-8-16-32(17(2)29-22-12-6-7-15-28-22)23-18(27)13-14-20(31-23)19-10-9-11-21(30-19)24(3,25)26/h6-7,9-15H,2,4-5,8,16,27H2,1,3H3,(H,28,29). The SMILES string of the molecule is C=C(Nc1ccccn1)N(CCCCC)c1nc(-c2cccc(C(C)(F)F)n2)ccc1N. The maximum Gasteiger partial charge on any atom is 0.286 e. The molecule has 3 aromatic heterocycles. The number of nitrogens with two attached hydrogens (primary N) is 1. The first-order chi connectivity index (χ1) is 15.3. The minimum absolute atomic E-state index is 0.309. The van der Waals surface area contributed by atoms with Gasteiger partial charge in [0.2, 0.25) is 0 Å². The molecule has 0 saturated carbocycles. The number of halogens is 2. The zero-order valence-electron chi connectivity index (χ0n) is 18.4. The van der Waals surface area contributed by atoms with Crippen molar-refractivity contribution >= 4 is 17.3 Å².